The van der Waals surface area contributed by atoms with Crippen molar-refractivity contribution < 1.29 is 14.7 Å². The maximum Gasteiger partial charge on any atom is 0.326 e. The molecule has 1 heterocycles. The SMILES string of the molecule is CCC(C)[C@H](N)C(=O)N1CCCC1C(=O)O. The van der Waals surface area contributed by atoms with Crippen molar-refractivity contribution >= 4 is 11.9 Å². The third kappa shape index (κ3) is 2.52. The number of aliphatic carboxylic acids is 1. The van der Waals surface area contributed by atoms with Crippen LogP contribution in [0.3, 0.4) is 0 Å². The van der Waals surface area contributed by atoms with E-state index in [0.29, 0.717) is 13.0 Å². The molecule has 92 valence electrons. The van der Waals surface area contributed by atoms with Crippen LogP contribution in [-0.2, 0) is 9.59 Å². The lowest BCUT2D eigenvalue weighted by Gasteiger charge is -2.27. The minimum atomic E-state index is -0.929. The van der Waals surface area contributed by atoms with Crippen LogP contribution in [0.15, 0.2) is 0 Å². The number of carboxylic acids is 1. The van der Waals surface area contributed by atoms with Crippen LogP contribution in [0, 0.1) is 5.92 Å². The van der Waals surface area contributed by atoms with Crippen LogP contribution in [0.5, 0.6) is 0 Å². The van der Waals surface area contributed by atoms with E-state index in [2.05, 4.69) is 0 Å². The molecule has 5 heteroatoms. The molecule has 0 aromatic carbocycles. The Kier molecular flexibility index (Phi) is 4.29. The molecule has 3 N–H and O–H groups in total. The lowest BCUT2D eigenvalue weighted by atomic mass is 9.98. The van der Waals surface area contributed by atoms with E-state index in [1.54, 1.807) is 0 Å². The predicted octanol–water partition coefficient (Wildman–Crippen LogP) is 0.435. The summed E-state index contributed by atoms with van der Waals surface area (Å²) in [5.74, 6) is -1.07. The second-order valence-electron chi connectivity index (χ2n) is 4.44. The highest BCUT2D eigenvalue weighted by Gasteiger charge is 2.36. The Morgan fingerprint density at radius 2 is 2.19 bits per heavy atom. The summed E-state index contributed by atoms with van der Waals surface area (Å²) in [5.41, 5.74) is 5.83. The van der Waals surface area contributed by atoms with Gasteiger partial charge in [0.05, 0.1) is 6.04 Å². The first-order chi connectivity index (χ1) is 7.49. The number of carboxylic acid groups (broad SMARTS) is 1. The van der Waals surface area contributed by atoms with Gasteiger partial charge in [-0.25, -0.2) is 4.79 Å². The number of rotatable bonds is 4. The Morgan fingerprint density at radius 1 is 1.56 bits per heavy atom. The highest BCUT2D eigenvalue weighted by atomic mass is 16.4. The fourth-order valence-corrected chi connectivity index (χ4v) is 1.98. The van der Waals surface area contributed by atoms with E-state index < -0.39 is 18.1 Å². The van der Waals surface area contributed by atoms with Gasteiger partial charge in [-0.05, 0) is 18.8 Å². The van der Waals surface area contributed by atoms with Crippen molar-refractivity contribution in [1.82, 2.24) is 4.90 Å². The summed E-state index contributed by atoms with van der Waals surface area (Å²) in [7, 11) is 0. The van der Waals surface area contributed by atoms with Gasteiger partial charge < -0.3 is 15.7 Å². The van der Waals surface area contributed by atoms with E-state index in [9.17, 15) is 9.59 Å². The molecule has 0 radical (unpaired) electrons. The minimum Gasteiger partial charge on any atom is -0.480 e. The third-order valence-corrected chi connectivity index (χ3v) is 3.36. The highest BCUT2D eigenvalue weighted by molar-refractivity contribution is 5.87. The summed E-state index contributed by atoms with van der Waals surface area (Å²) in [5, 5.41) is 8.98. The number of likely N-dealkylation sites (tertiary alicyclic amines) is 1. The summed E-state index contributed by atoms with van der Waals surface area (Å²) in [6, 6.07) is -1.26. The highest BCUT2D eigenvalue weighted by Crippen LogP contribution is 2.20. The van der Waals surface area contributed by atoms with Gasteiger partial charge in [-0.2, -0.15) is 0 Å². The number of carbonyl (C=O) groups is 2. The van der Waals surface area contributed by atoms with Crippen LogP contribution in [0.2, 0.25) is 0 Å². The van der Waals surface area contributed by atoms with E-state index in [0.717, 1.165) is 12.8 Å². The van der Waals surface area contributed by atoms with Crippen molar-refractivity contribution in [2.45, 2.75) is 45.2 Å². The summed E-state index contributed by atoms with van der Waals surface area (Å²) in [4.78, 5) is 24.4. The summed E-state index contributed by atoms with van der Waals surface area (Å²) < 4.78 is 0. The van der Waals surface area contributed by atoms with Crippen LogP contribution in [0.1, 0.15) is 33.1 Å². The molecule has 1 aliphatic rings. The van der Waals surface area contributed by atoms with E-state index in [1.165, 1.54) is 4.90 Å². The van der Waals surface area contributed by atoms with E-state index in [4.69, 9.17) is 10.8 Å². The number of hydrogen-bond acceptors (Lipinski definition) is 3. The molecule has 2 unspecified atom stereocenters. The molecule has 1 fully saturated rings. The lowest BCUT2D eigenvalue weighted by molar-refractivity contribution is -0.149. The Balaban J connectivity index is 2.69. The molecular formula is C11H20N2O3. The average molecular weight is 228 g/mol. The van der Waals surface area contributed by atoms with Gasteiger partial charge in [0.15, 0.2) is 0 Å². The molecule has 5 nitrogen and oxygen atoms in total. The molecule has 3 atom stereocenters. The molecule has 1 saturated heterocycles. The molecule has 0 aromatic heterocycles. The normalized spacial score (nSPS) is 24.2. The van der Waals surface area contributed by atoms with Crippen molar-refractivity contribution in [1.29, 1.82) is 0 Å². The van der Waals surface area contributed by atoms with Crippen molar-refractivity contribution in [3.8, 4) is 0 Å². The zero-order chi connectivity index (χ0) is 12.3. The van der Waals surface area contributed by atoms with Crippen molar-refractivity contribution in [2.24, 2.45) is 11.7 Å². The lowest BCUT2D eigenvalue weighted by Crippen LogP contribution is -2.50. The van der Waals surface area contributed by atoms with Crippen LogP contribution in [0.25, 0.3) is 0 Å². The zero-order valence-electron chi connectivity index (χ0n) is 9.85. The smallest absolute Gasteiger partial charge is 0.326 e. The van der Waals surface area contributed by atoms with Gasteiger partial charge in [-0.1, -0.05) is 20.3 Å². The molecule has 0 spiro atoms. The molecule has 0 bridgehead atoms. The molecule has 16 heavy (non-hydrogen) atoms. The zero-order valence-corrected chi connectivity index (χ0v) is 9.85. The first kappa shape index (κ1) is 13.0. The quantitative estimate of drug-likeness (QED) is 0.731. The maximum absolute atomic E-state index is 12.0. The van der Waals surface area contributed by atoms with E-state index in [1.807, 2.05) is 13.8 Å². The fourth-order valence-electron chi connectivity index (χ4n) is 1.98. The molecule has 0 aromatic rings. The first-order valence-corrected chi connectivity index (χ1v) is 5.77. The maximum atomic E-state index is 12.0. The standard InChI is InChI=1S/C11H20N2O3/c1-3-7(2)9(12)10(14)13-6-4-5-8(13)11(15)16/h7-9H,3-6,12H2,1-2H3,(H,15,16)/t7?,8?,9-/m0/s1. The van der Waals surface area contributed by atoms with Gasteiger partial charge in [0.1, 0.15) is 6.04 Å². The van der Waals surface area contributed by atoms with Crippen molar-refractivity contribution in [3.05, 3.63) is 0 Å². The van der Waals surface area contributed by atoms with Gasteiger partial charge in [0.25, 0.3) is 0 Å². The van der Waals surface area contributed by atoms with Crippen LogP contribution in [0.4, 0.5) is 0 Å². The van der Waals surface area contributed by atoms with Crippen molar-refractivity contribution in [3.63, 3.8) is 0 Å². The van der Waals surface area contributed by atoms with Crippen molar-refractivity contribution in [2.75, 3.05) is 6.54 Å². The van der Waals surface area contributed by atoms with Gasteiger partial charge in [0.2, 0.25) is 5.91 Å². The topological polar surface area (TPSA) is 83.6 Å². The van der Waals surface area contributed by atoms with Gasteiger partial charge in [0, 0.05) is 6.54 Å². The second kappa shape index (κ2) is 5.30. The summed E-state index contributed by atoms with van der Waals surface area (Å²) in [6.45, 7) is 4.39. The second-order valence-corrected chi connectivity index (χ2v) is 4.44. The van der Waals surface area contributed by atoms with Gasteiger partial charge in [-0.15, -0.1) is 0 Å². The van der Waals surface area contributed by atoms with E-state index >= 15 is 0 Å². The van der Waals surface area contributed by atoms with Crippen LogP contribution >= 0.6 is 0 Å². The number of amides is 1. The Morgan fingerprint density at radius 3 is 2.69 bits per heavy atom. The molecule has 1 amide bonds. The fraction of sp³-hybridized carbons (Fsp3) is 0.818. The van der Waals surface area contributed by atoms with Gasteiger partial charge in [-0.3, -0.25) is 4.79 Å². The van der Waals surface area contributed by atoms with Crippen LogP contribution in [-0.4, -0.2) is 40.5 Å². The van der Waals surface area contributed by atoms with Crippen LogP contribution < -0.4 is 5.73 Å². The van der Waals surface area contributed by atoms with Gasteiger partial charge >= 0.3 is 5.97 Å². The average Bonchev–Trinajstić information content (AvgIpc) is 2.74. The molecule has 1 rings (SSSR count). The largest absolute Gasteiger partial charge is 0.480 e. The molecular weight excluding hydrogens is 208 g/mol. The first-order valence-electron chi connectivity index (χ1n) is 5.77. The summed E-state index contributed by atoms with van der Waals surface area (Å²) >= 11 is 0. The predicted molar refractivity (Wildman–Crippen MR) is 59.8 cm³/mol. The number of nitrogens with two attached hydrogens (primary N) is 1. The van der Waals surface area contributed by atoms with E-state index in [-0.39, 0.29) is 11.8 Å². The molecule has 0 aliphatic carbocycles. The monoisotopic (exact) mass is 228 g/mol. The Hall–Kier alpha value is -1.10. The number of nitrogens with zero attached hydrogens (tertiary/aromatic N) is 1. The molecule has 0 saturated carbocycles. The third-order valence-electron chi connectivity index (χ3n) is 3.36. The molecule has 1 aliphatic heterocycles. The Bertz CT molecular complexity index is 280. The Labute approximate surface area is 95.6 Å². The summed E-state index contributed by atoms with van der Waals surface area (Å²) in [6.07, 6.45) is 2.10. The minimum absolute atomic E-state index is 0.0857. The number of hydrogen-bond donors (Lipinski definition) is 2. The number of carbonyl (C=O) groups excluding carboxylic acids is 1.